The number of halogens is 2. The highest BCUT2D eigenvalue weighted by Gasteiger charge is 2.08. The number of benzene rings is 1. The molecule has 150 valence electrons. The maximum atomic E-state index is 14.0. The molecular weight excluding hydrogens is 456 g/mol. The van der Waals surface area contributed by atoms with E-state index in [0.29, 0.717) is 17.1 Å². The molecule has 7 heteroatoms. The fourth-order valence-electron chi connectivity index (χ4n) is 3.12. The second-order valence-electron chi connectivity index (χ2n) is 6.65. The summed E-state index contributed by atoms with van der Waals surface area (Å²) in [6.07, 6.45) is 6.41. The van der Waals surface area contributed by atoms with Crippen molar-refractivity contribution in [3.63, 3.8) is 0 Å². The Labute approximate surface area is 179 Å². The molecule has 1 aromatic rings. The van der Waals surface area contributed by atoms with Gasteiger partial charge in [0.05, 0.1) is 18.2 Å². The van der Waals surface area contributed by atoms with Crippen LogP contribution in [-0.2, 0) is 6.54 Å². The first kappa shape index (κ1) is 23.6. The van der Waals surface area contributed by atoms with Crippen LogP contribution in [0.4, 0.5) is 4.39 Å². The average Bonchev–Trinajstić information content (AvgIpc) is 2.92. The molecule has 0 aromatic heterocycles. The van der Waals surface area contributed by atoms with E-state index in [1.165, 1.54) is 44.8 Å². The largest absolute Gasteiger partial charge is 0.357 e. The number of aliphatic imine (C=N–C) groups is 1. The van der Waals surface area contributed by atoms with Crippen LogP contribution in [0.15, 0.2) is 23.2 Å². The van der Waals surface area contributed by atoms with Crippen molar-refractivity contribution in [3.05, 3.63) is 35.1 Å². The molecule has 1 fully saturated rings. The average molecular weight is 487 g/mol. The Kier molecular flexibility index (Phi) is 12.0. The molecule has 1 aliphatic rings. The summed E-state index contributed by atoms with van der Waals surface area (Å²) < 4.78 is 14.0. The first-order valence-electron chi connectivity index (χ1n) is 9.66. The summed E-state index contributed by atoms with van der Waals surface area (Å²) in [5, 5.41) is 15.3. The van der Waals surface area contributed by atoms with Crippen molar-refractivity contribution in [2.24, 2.45) is 4.99 Å². The summed E-state index contributed by atoms with van der Waals surface area (Å²) in [6, 6.07) is 6.44. The van der Waals surface area contributed by atoms with Crippen molar-refractivity contribution >= 4 is 29.9 Å². The van der Waals surface area contributed by atoms with Gasteiger partial charge in [-0.25, -0.2) is 9.38 Å². The number of hydrogen-bond donors (Lipinski definition) is 2. The Morgan fingerprint density at radius 1 is 1.22 bits per heavy atom. The molecule has 1 aromatic carbocycles. The lowest BCUT2D eigenvalue weighted by Crippen LogP contribution is -2.39. The molecule has 27 heavy (non-hydrogen) atoms. The summed E-state index contributed by atoms with van der Waals surface area (Å²) in [5.41, 5.74) is 0.819. The van der Waals surface area contributed by atoms with Gasteiger partial charge >= 0.3 is 0 Å². The normalized spacial score (nSPS) is 15.4. The molecule has 0 unspecified atom stereocenters. The number of nitriles is 1. The van der Waals surface area contributed by atoms with Crippen molar-refractivity contribution in [3.8, 4) is 6.07 Å². The van der Waals surface area contributed by atoms with Crippen LogP contribution in [0.2, 0.25) is 0 Å². The van der Waals surface area contributed by atoms with Crippen molar-refractivity contribution in [1.29, 1.82) is 5.26 Å². The third-order valence-corrected chi connectivity index (χ3v) is 4.58. The number of nitrogens with one attached hydrogen (secondary N) is 2. The van der Waals surface area contributed by atoms with Crippen molar-refractivity contribution in [2.45, 2.75) is 45.6 Å². The Morgan fingerprint density at radius 2 is 1.96 bits per heavy atom. The van der Waals surface area contributed by atoms with E-state index in [0.717, 1.165) is 26.1 Å². The topological polar surface area (TPSA) is 63.5 Å². The molecule has 0 spiro atoms. The Balaban J connectivity index is 0.00000364. The molecule has 0 saturated carbocycles. The Bertz CT molecular complexity index is 621. The van der Waals surface area contributed by atoms with Crippen LogP contribution < -0.4 is 10.6 Å². The van der Waals surface area contributed by atoms with E-state index in [4.69, 9.17) is 5.26 Å². The number of guanidine groups is 1. The molecule has 0 amide bonds. The van der Waals surface area contributed by atoms with E-state index in [1.807, 2.05) is 13.0 Å². The molecule has 5 nitrogen and oxygen atoms in total. The second-order valence-corrected chi connectivity index (χ2v) is 6.65. The van der Waals surface area contributed by atoms with Gasteiger partial charge in [-0.15, -0.1) is 24.0 Å². The summed E-state index contributed by atoms with van der Waals surface area (Å²) in [4.78, 5) is 7.00. The number of rotatable bonds is 7. The maximum absolute atomic E-state index is 14.0. The lowest BCUT2D eigenvalue weighted by Gasteiger charge is -2.20. The van der Waals surface area contributed by atoms with Gasteiger partial charge in [0.15, 0.2) is 5.96 Å². The van der Waals surface area contributed by atoms with E-state index < -0.39 is 0 Å². The van der Waals surface area contributed by atoms with Gasteiger partial charge in [0.2, 0.25) is 0 Å². The lowest BCUT2D eigenvalue weighted by atomic mass is 10.1. The number of likely N-dealkylation sites (tertiary alicyclic amines) is 1. The van der Waals surface area contributed by atoms with Gasteiger partial charge in [-0.1, -0.05) is 18.9 Å². The van der Waals surface area contributed by atoms with E-state index >= 15 is 0 Å². The molecule has 1 heterocycles. The quantitative estimate of drug-likeness (QED) is 0.267. The molecule has 2 rings (SSSR count). The highest BCUT2D eigenvalue weighted by Crippen LogP contribution is 2.11. The third kappa shape index (κ3) is 8.89. The van der Waals surface area contributed by atoms with Gasteiger partial charge in [0.25, 0.3) is 0 Å². The Hall–Kier alpha value is -1.40. The molecular formula is C20H31FIN5. The van der Waals surface area contributed by atoms with Crippen LogP contribution in [0.5, 0.6) is 0 Å². The van der Waals surface area contributed by atoms with Gasteiger partial charge in [-0.05, 0) is 58.0 Å². The van der Waals surface area contributed by atoms with E-state index in [2.05, 4.69) is 20.5 Å². The highest BCUT2D eigenvalue weighted by molar-refractivity contribution is 14.0. The second kappa shape index (κ2) is 13.7. The minimum atomic E-state index is -0.384. The molecule has 0 atom stereocenters. The predicted octanol–water partition coefficient (Wildman–Crippen LogP) is 3.64. The zero-order chi connectivity index (χ0) is 18.6. The van der Waals surface area contributed by atoms with E-state index in [9.17, 15) is 4.39 Å². The van der Waals surface area contributed by atoms with Crippen LogP contribution in [0.1, 0.15) is 50.2 Å². The Morgan fingerprint density at radius 3 is 2.59 bits per heavy atom. The van der Waals surface area contributed by atoms with E-state index in [1.54, 1.807) is 12.1 Å². The zero-order valence-corrected chi connectivity index (χ0v) is 18.5. The number of nitrogens with zero attached hydrogens (tertiary/aromatic N) is 3. The molecule has 2 N–H and O–H groups in total. The van der Waals surface area contributed by atoms with Crippen LogP contribution in [0, 0.1) is 17.1 Å². The van der Waals surface area contributed by atoms with Gasteiger partial charge in [-0.3, -0.25) is 0 Å². The highest BCUT2D eigenvalue weighted by atomic mass is 127. The fourth-order valence-corrected chi connectivity index (χ4v) is 3.12. The minimum Gasteiger partial charge on any atom is -0.357 e. The maximum Gasteiger partial charge on any atom is 0.191 e. The van der Waals surface area contributed by atoms with Crippen molar-refractivity contribution in [1.82, 2.24) is 15.5 Å². The molecule has 0 radical (unpaired) electrons. The third-order valence-electron chi connectivity index (χ3n) is 4.58. The van der Waals surface area contributed by atoms with Crippen LogP contribution in [0.25, 0.3) is 0 Å². The van der Waals surface area contributed by atoms with Gasteiger partial charge in [0, 0.05) is 18.7 Å². The van der Waals surface area contributed by atoms with Crippen molar-refractivity contribution in [2.75, 3.05) is 32.7 Å². The fraction of sp³-hybridized carbons (Fsp3) is 0.600. The molecule has 0 bridgehead atoms. The van der Waals surface area contributed by atoms with Gasteiger partial charge < -0.3 is 15.5 Å². The zero-order valence-electron chi connectivity index (χ0n) is 16.1. The summed E-state index contributed by atoms with van der Waals surface area (Å²) >= 11 is 0. The van der Waals surface area contributed by atoms with Crippen LogP contribution in [-0.4, -0.2) is 43.6 Å². The molecule has 0 aliphatic carbocycles. The smallest absolute Gasteiger partial charge is 0.191 e. The van der Waals surface area contributed by atoms with Gasteiger partial charge in [0.1, 0.15) is 5.82 Å². The standard InChI is InChI=1S/C20H30FN5.HI/c1-2-23-20(24-10-7-13-26-11-5-3-4-6-12-26)25-16-18-9-8-17(15-22)14-19(18)21;/h8-9,14H,2-7,10-13,16H2,1H3,(H2,23,24,25);1H. The first-order valence-corrected chi connectivity index (χ1v) is 9.66. The SMILES string of the molecule is CCNC(=NCc1ccc(C#N)cc1F)NCCCN1CCCCCC1.I. The lowest BCUT2D eigenvalue weighted by molar-refractivity contribution is 0.282. The van der Waals surface area contributed by atoms with Crippen LogP contribution in [0.3, 0.4) is 0 Å². The molecule has 1 aliphatic heterocycles. The number of hydrogen-bond acceptors (Lipinski definition) is 3. The monoisotopic (exact) mass is 487 g/mol. The summed E-state index contributed by atoms with van der Waals surface area (Å²) in [6.45, 7) is 7.40. The summed E-state index contributed by atoms with van der Waals surface area (Å²) in [5.74, 6) is 0.317. The van der Waals surface area contributed by atoms with E-state index in [-0.39, 0.29) is 36.3 Å². The first-order chi connectivity index (χ1) is 12.7. The predicted molar refractivity (Wildman–Crippen MR) is 119 cm³/mol. The van der Waals surface area contributed by atoms with Crippen LogP contribution >= 0.6 is 24.0 Å². The molecule has 1 saturated heterocycles. The van der Waals surface area contributed by atoms with Crippen molar-refractivity contribution < 1.29 is 4.39 Å². The summed E-state index contributed by atoms with van der Waals surface area (Å²) in [7, 11) is 0. The minimum absolute atomic E-state index is 0. The van der Waals surface area contributed by atoms with Gasteiger partial charge in [-0.2, -0.15) is 5.26 Å².